The predicted molar refractivity (Wildman–Crippen MR) is 82.7 cm³/mol. The molecule has 20 heavy (non-hydrogen) atoms. The molecule has 0 aromatic heterocycles. The van der Waals surface area contributed by atoms with Crippen molar-refractivity contribution in [3.8, 4) is 0 Å². The molecule has 3 heteroatoms. The van der Waals surface area contributed by atoms with E-state index >= 15 is 0 Å². The SMILES string of the molecule is CCC(C)C(C(=O)N[C@H]1CCCNC1)c1ccccc1. The largest absolute Gasteiger partial charge is 0.352 e. The van der Waals surface area contributed by atoms with Gasteiger partial charge in [-0.1, -0.05) is 50.6 Å². The van der Waals surface area contributed by atoms with Crippen LogP contribution in [0, 0.1) is 5.92 Å². The van der Waals surface area contributed by atoms with E-state index in [4.69, 9.17) is 0 Å². The molecule has 3 atom stereocenters. The summed E-state index contributed by atoms with van der Waals surface area (Å²) in [6, 6.07) is 10.4. The highest BCUT2D eigenvalue weighted by Crippen LogP contribution is 2.27. The zero-order valence-electron chi connectivity index (χ0n) is 12.6. The van der Waals surface area contributed by atoms with Crippen molar-refractivity contribution in [3.05, 3.63) is 35.9 Å². The third-order valence-electron chi connectivity index (χ3n) is 4.30. The highest BCUT2D eigenvalue weighted by molar-refractivity contribution is 5.84. The molecule has 3 nitrogen and oxygen atoms in total. The quantitative estimate of drug-likeness (QED) is 0.867. The summed E-state index contributed by atoms with van der Waals surface area (Å²) < 4.78 is 0. The van der Waals surface area contributed by atoms with Crippen molar-refractivity contribution in [2.75, 3.05) is 13.1 Å². The number of piperidine rings is 1. The van der Waals surface area contributed by atoms with Crippen LogP contribution in [0.15, 0.2) is 30.3 Å². The maximum atomic E-state index is 12.7. The van der Waals surface area contributed by atoms with Crippen LogP contribution in [0.4, 0.5) is 0 Å². The molecule has 1 aromatic carbocycles. The van der Waals surface area contributed by atoms with Crippen LogP contribution < -0.4 is 10.6 Å². The Morgan fingerprint density at radius 3 is 2.75 bits per heavy atom. The van der Waals surface area contributed by atoms with E-state index in [1.54, 1.807) is 0 Å². The van der Waals surface area contributed by atoms with Gasteiger partial charge in [-0.25, -0.2) is 0 Å². The Morgan fingerprint density at radius 2 is 2.15 bits per heavy atom. The molecule has 0 spiro atoms. The summed E-state index contributed by atoms with van der Waals surface area (Å²) in [7, 11) is 0. The van der Waals surface area contributed by atoms with Gasteiger partial charge in [-0.2, -0.15) is 0 Å². The van der Waals surface area contributed by atoms with Crippen LogP contribution in [0.3, 0.4) is 0 Å². The Kier molecular flexibility index (Phi) is 5.60. The van der Waals surface area contributed by atoms with Crippen LogP contribution >= 0.6 is 0 Å². The average molecular weight is 274 g/mol. The third kappa shape index (κ3) is 3.83. The van der Waals surface area contributed by atoms with Crippen molar-refractivity contribution in [2.45, 2.75) is 45.1 Å². The summed E-state index contributed by atoms with van der Waals surface area (Å²) >= 11 is 0. The Bertz CT molecular complexity index is 412. The number of rotatable bonds is 5. The van der Waals surface area contributed by atoms with E-state index in [0.29, 0.717) is 5.92 Å². The molecule has 2 rings (SSSR count). The molecule has 0 radical (unpaired) electrons. The standard InChI is InChI=1S/C17H26N2O/c1-3-13(2)16(14-8-5-4-6-9-14)17(20)19-15-10-7-11-18-12-15/h4-6,8-9,13,15-16,18H,3,7,10-12H2,1-2H3,(H,19,20)/t13?,15-,16?/m0/s1. The van der Waals surface area contributed by atoms with Crippen molar-refractivity contribution in [1.82, 2.24) is 10.6 Å². The lowest BCUT2D eigenvalue weighted by atomic mass is 9.84. The number of amides is 1. The molecule has 0 bridgehead atoms. The first-order valence-electron chi connectivity index (χ1n) is 7.78. The summed E-state index contributed by atoms with van der Waals surface area (Å²) in [5.41, 5.74) is 1.13. The minimum Gasteiger partial charge on any atom is -0.352 e. The van der Waals surface area contributed by atoms with Gasteiger partial charge in [0, 0.05) is 12.6 Å². The van der Waals surface area contributed by atoms with Gasteiger partial charge in [-0.3, -0.25) is 4.79 Å². The number of hydrogen-bond donors (Lipinski definition) is 2. The predicted octanol–water partition coefficient (Wildman–Crippen LogP) is 2.68. The molecular weight excluding hydrogens is 248 g/mol. The second kappa shape index (κ2) is 7.44. The summed E-state index contributed by atoms with van der Waals surface area (Å²) in [4.78, 5) is 12.7. The van der Waals surface area contributed by atoms with E-state index in [1.807, 2.05) is 18.2 Å². The van der Waals surface area contributed by atoms with Crippen LogP contribution in [-0.2, 0) is 4.79 Å². The lowest BCUT2D eigenvalue weighted by molar-refractivity contribution is -0.124. The van der Waals surface area contributed by atoms with Crippen molar-refractivity contribution in [3.63, 3.8) is 0 Å². The van der Waals surface area contributed by atoms with Crippen molar-refractivity contribution in [2.24, 2.45) is 5.92 Å². The number of carbonyl (C=O) groups excluding carboxylic acids is 1. The third-order valence-corrected chi connectivity index (χ3v) is 4.30. The number of nitrogens with one attached hydrogen (secondary N) is 2. The minimum atomic E-state index is -0.0388. The van der Waals surface area contributed by atoms with Gasteiger partial charge in [0.1, 0.15) is 0 Å². The van der Waals surface area contributed by atoms with E-state index in [1.165, 1.54) is 0 Å². The molecule has 1 amide bonds. The van der Waals surface area contributed by atoms with Gasteiger partial charge in [0.05, 0.1) is 5.92 Å². The maximum absolute atomic E-state index is 12.7. The molecule has 1 aliphatic heterocycles. The Morgan fingerprint density at radius 1 is 1.40 bits per heavy atom. The molecular formula is C17H26N2O. The zero-order chi connectivity index (χ0) is 14.4. The van der Waals surface area contributed by atoms with E-state index in [0.717, 1.165) is 37.9 Å². The summed E-state index contributed by atoms with van der Waals surface area (Å²) in [6.45, 7) is 6.28. The van der Waals surface area contributed by atoms with Crippen LogP contribution in [-0.4, -0.2) is 25.0 Å². The normalized spacial score (nSPS) is 22.0. The van der Waals surface area contributed by atoms with Gasteiger partial charge < -0.3 is 10.6 Å². The van der Waals surface area contributed by atoms with Gasteiger partial charge >= 0.3 is 0 Å². The van der Waals surface area contributed by atoms with Crippen molar-refractivity contribution in [1.29, 1.82) is 0 Å². The Labute approximate surface area is 122 Å². The molecule has 1 fully saturated rings. The minimum absolute atomic E-state index is 0.0388. The molecule has 0 saturated carbocycles. The van der Waals surface area contributed by atoms with Gasteiger partial charge in [0.25, 0.3) is 0 Å². The Hall–Kier alpha value is -1.35. The molecule has 110 valence electrons. The fraction of sp³-hybridized carbons (Fsp3) is 0.588. The van der Waals surface area contributed by atoms with Crippen LogP contribution in [0.25, 0.3) is 0 Å². The maximum Gasteiger partial charge on any atom is 0.228 e. The molecule has 1 aromatic rings. The summed E-state index contributed by atoms with van der Waals surface area (Å²) in [5.74, 6) is 0.497. The topological polar surface area (TPSA) is 41.1 Å². The van der Waals surface area contributed by atoms with Crippen LogP contribution in [0.5, 0.6) is 0 Å². The first-order valence-corrected chi connectivity index (χ1v) is 7.78. The van der Waals surface area contributed by atoms with Crippen molar-refractivity contribution >= 4 is 5.91 Å². The number of carbonyl (C=O) groups is 1. The fourth-order valence-electron chi connectivity index (χ4n) is 2.90. The number of benzene rings is 1. The highest BCUT2D eigenvalue weighted by Gasteiger charge is 2.27. The van der Waals surface area contributed by atoms with Crippen LogP contribution in [0.1, 0.15) is 44.6 Å². The molecule has 2 N–H and O–H groups in total. The van der Waals surface area contributed by atoms with E-state index in [-0.39, 0.29) is 17.9 Å². The number of hydrogen-bond acceptors (Lipinski definition) is 2. The van der Waals surface area contributed by atoms with E-state index in [9.17, 15) is 4.79 Å². The zero-order valence-corrected chi connectivity index (χ0v) is 12.6. The van der Waals surface area contributed by atoms with Gasteiger partial charge in [-0.05, 0) is 30.9 Å². The monoisotopic (exact) mass is 274 g/mol. The first-order chi connectivity index (χ1) is 9.72. The van der Waals surface area contributed by atoms with Gasteiger partial charge in [0.2, 0.25) is 5.91 Å². The summed E-state index contributed by atoms with van der Waals surface area (Å²) in [5, 5.41) is 6.58. The van der Waals surface area contributed by atoms with E-state index < -0.39 is 0 Å². The van der Waals surface area contributed by atoms with Crippen molar-refractivity contribution < 1.29 is 4.79 Å². The average Bonchev–Trinajstić information content (AvgIpc) is 2.49. The second-order valence-electron chi connectivity index (χ2n) is 5.83. The molecule has 2 unspecified atom stereocenters. The highest BCUT2D eigenvalue weighted by atomic mass is 16.2. The lowest BCUT2D eigenvalue weighted by Gasteiger charge is -2.28. The molecule has 1 saturated heterocycles. The summed E-state index contributed by atoms with van der Waals surface area (Å²) in [6.07, 6.45) is 3.24. The first kappa shape index (κ1) is 15.0. The molecule has 0 aliphatic carbocycles. The molecule has 1 heterocycles. The van der Waals surface area contributed by atoms with E-state index in [2.05, 4.69) is 36.6 Å². The fourth-order valence-corrected chi connectivity index (χ4v) is 2.90. The molecule has 1 aliphatic rings. The smallest absolute Gasteiger partial charge is 0.228 e. The lowest BCUT2D eigenvalue weighted by Crippen LogP contribution is -2.47. The van der Waals surface area contributed by atoms with Gasteiger partial charge in [-0.15, -0.1) is 0 Å². The van der Waals surface area contributed by atoms with Crippen LogP contribution in [0.2, 0.25) is 0 Å². The Balaban J connectivity index is 2.08. The van der Waals surface area contributed by atoms with Gasteiger partial charge in [0.15, 0.2) is 0 Å². The second-order valence-corrected chi connectivity index (χ2v) is 5.83.